The Balaban J connectivity index is 1.65. The molecule has 186 valence electrons. The van der Waals surface area contributed by atoms with Crippen molar-refractivity contribution in [2.24, 2.45) is 0 Å². The van der Waals surface area contributed by atoms with Crippen LogP contribution in [0.25, 0.3) is 54.9 Å². The molecule has 0 amide bonds. The van der Waals surface area contributed by atoms with Gasteiger partial charge in [-0.2, -0.15) is 0 Å². The van der Waals surface area contributed by atoms with Crippen molar-refractivity contribution in [3.8, 4) is 33.4 Å². The Hall–Kier alpha value is -4.16. The van der Waals surface area contributed by atoms with E-state index in [0.717, 1.165) is 0 Å². The standard InChI is InChI=1S/C38H34/c1-23-11-24(2)15-31(14-23)29-7-9-36-33(20-29)22-34-21-30(32-16-25(3)12-26(4)17-32)8-10-37(34)38(36)35-18-27(5)13-28(6)19-35/h7-22H,1-6H3. The summed E-state index contributed by atoms with van der Waals surface area (Å²) in [6, 6.07) is 36.9. The SMILES string of the molecule is Cc1cc(C)cc(-c2ccc3c(-c4cc(C)cc(C)c4)c4ccc(-c5cc(C)cc(C)c5)cc4cc3c2)c1. The van der Waals surface area contributed by atoms with E-state index in [1.165, 1.54) is 88.3 Å². The summed E-state index contributed by atoms with van der Waals surface area (Å²) in [5.41, 5.74) is 15.5. The number of fused-ring (bicyclic) bond motifs is 2. The lowest BCUT2D eigenvalue weighted by Crippen LogP contribution is -1.90. The molecule has 0 N–H and O–H groups in total. The van der Waals surface area contributed by atoms with E-state index >= 15 is 0 Å². The van der Waals surface area contributed by atoms with E-state index in [1.54, 1.807) is 0 Å². The Morgan fingerprint density at radius 3 is 1.00 bits per heavy atom. The second-order valence-corrected chi connectivity index (χ2v) is 11.3. The van der Waals surface area contributed by atoms with Gasteiger partial charge in [-0.15, -0.1) is 0 Å². The molecule has 0 fully saturated rings. The highest BCUT2D eigenvalue weighted by Gasteiger charge is 2.14. The Labute approximate surface area is 226 Å². The summed E-state index contributed by atoms with van der Waals surface area (Å²) in [7, 11) is 0. The summed E-state index contributed by atoms with van der Waals surface area (Å²) in [6.45, 7) is 13.1. The fourth-order valence-electron chi connectivity index (χ4n) is 6.20. The van der Waals surface area contributed by atoms with Gasteiger partial charge in [0.25, 0.3) is 0 Å². The smallest absolute Gasteiger partial charge is 0.00266 e. The van der Waals surface area contributed by atoms with E-state index < -0.39 is 0 Å². The molecule has 0 spiro atoms. The number of hydrogen-bond acceptors (Lipinski definition) is 0. The molecule has 0 radical (unpaired) electrons. The zero-order chi connectivity index (χ0) is 26.6. The van der Waals surface area contributed by atoms with Crippen LogP contribution in [0.3, 0.4) is 0 Å². The zero-order valence-corrected chi connectivity index (χ0v) is 23.2. The molecule has 0 aromatic heterocycles. The van der Waals surface area contributed by atoms with E-state index in [2.05, 4.69) is 139 Å². The van der Waals surface area contributed by atoms with Crippen LogP contribution in [-0.4, -0.2) is 0 Å². The summed E-state index contributed by atoms with van der Waals surface area (Å²) in [4.78, 5) is 0. The van der Waals surface area contributed by atoms with Gasteiger partial charge in [-0.05, 0) is 115 Å². The molecule has 0 heterocycles. The third-order valence-electron chi connectivity index (χ3n) is 7.57. The van der Waals surface area contributed by atoms with Crippen molar-refractivity contribution < 1.29 is 0 Å². The molecule has 6 rings (SSSR count). The molecular weight excluding hydrogens is 456 g/mol. The average molecular weight is 491 g/mol. The van der Waals surface area contributed by atoms with E-state index in [-0.39, 0.29) is 0 Å². The van der Waals surface area contributed by atoms with Gasteiger partial charge in [0, 0.05) is 0 Å². The fourth-order valence-corrected chi connectivity index (χ4v) is 6.20. The van der Waals surface area contributed by atoms with Gasteiger partial charge in [-0.25, -0.2) is 0 Å². The lowest BCUT2D eigenvalue weighted by molar-refractivity contribution is 1.38. The van der Waals surface area contributed by atoms with Crippen molar-refractivity contribution in [2.45, 2.75) is 41.5 Å². The second-order valence-electron chi connectivity index (χ2n) is 11.3. The van der Waals surface area contributed by atoms with Crippen LogP contribution >= 0.6 is 0 Å². The van der Waals surface area contributed by atoms with Gasteiger partial charge in [0.1, 0.15) is 0 Å². The third-order valence-corrected chi connectivity index (χ3v) is 7.57. The molecule has 0 bridgehead atoms. The van der Waals surface area contributed by atoms with E-state index in [0.29, 0.717) is 0 Å². The molecule has 0 aliphatic heterocycles. The topological polar surface area (TPSA) is 0 Å². The van der Waals surface area contributed by atoms with Crippen LogP contribution in [0, 0.1) is 41.5 Å². The number of aryl methyl sites for hydroxylation is 6. The van der Waals surface area contributed by atoms with Crippen molar-refractivity contribution >= 4 is 21.5 Å². The maximum Gasteiger partial charge on any atom is -0.00266 e. The predicted molar refractivity (Wildman–Crippen MR) is 166 cm³/mol. The Kier molecular flexibility index (Phi) is 5.92. The molecule has 0 aliphatic rings. The molecule has 0 aliphatic carbocycles. The maximum absolute atomic E-state index is 2.38. The highest BCUT2D eigenvalue weighted by atomic mass is 14.2. The van der Waals surface area contributed by atoms with Gasteiger partial charge in [-0.3, -0.25) is 0 Å². The zero-order valence-electron chi connectivity index (χ0n) is 23.2. The Morgan fingerprint density at radius 2 is 0.632 bits per heavy atom. The van der Waals surface area contributed by atoms with Gasteiger partial charge in [-0.1, -0.05) is 112 Å². The number of benzene rings is 6. The lowest BCUT2D eigenvalue weighted by atomic mass is 9.88. The Bertz CT molecular complexity index is 1700. The molecule has 6 aromatic rings. The summed E-state index contributed by atoms with van der Waals surface area (Å²) < 4.78 is 0. The van der Waals surface area contributed by atoms with Gasteiger partial charge >= 0.3 is 0 Å². The van der Waals surface area contributed by atoms with Crippen LogP contribution in [-0.2, 0) is 0 Å². The van der Waals surface area contributed by atoms with Gasteiger partial charge in [0.15, 0.2) is 0 Å². The summed E-state index contributed by atoms with van der Waals surface area (Å²) in [5, 5.41) is 5.16. The summed E-state index contributed by atoms with van der Waals surface area (Å²) >= 11 is 0. The highest BCUT2D eigenvalue weighted by molar-refractivity contribution is 6.14. The summed E-state index contributed by atoms with van der Waals surface area (Å²) in [6.07, 6.45) is 0. The molecular formula is C38H34. The number of hydrogen-bond donors (Lipinski definition) is 0. The van der Waals surface area contributed by atoms with Gasteiger partial charge in [0.2, 0.25) is 0 Å². The van der Waals surface area contributed by atoms with Crippen LogP contribution < -0.4 is 0 Å². The lowest BCUT2D eigenvalue weighted by Gasteiger charge is -2.16. The van der Waals surface area contributed by atoms with Crippen molar-refractivity contribution in [2.75, 3.05) is 0 Å². The van der Waals surface area contributed by atoms with E-state index in [1.807, 2.05) is 0 Å². The fraction of sp³-hybridized carbons (Fsp3) is 0.158. The first kappa shape index (κ1) is 24.2. The van der Waals surface area contributed by atoms with Crippen LogP contribution in [0.5, 0.6) is 0 Å². The minimum Gasteiger partial charge on any atom is -0.0563 e. The molecule has 0 nitrogen and oxygen atoms in total. The molecule has 6 aromatic carbocycles. The molecule has 0 saturated heterocycles. The third kappa shape index (κ3) is 4.52. The van der Waals surface area contributed by atoms with Crippen LogP contribution in [0.2, 0.25) is 0 Å². The van der Waals surface area contributed by atoms with E-state index in [9.17, 15) is 0 Å². The average Bonchev–Trinajstić information content (AvgIpc) is 2.84. The molecule has 0 heteroatoms. The van der Waals surface area contributed by atoms with Crippen molar-refractivity contribution in [1.82, 2.24) is 0 Å². The van der Waals surface area contributed by atoms with E-state index in [4.69, 9.17) is 0 Å². The highest BCUT2D eigenvalue weighted by Crippen LogP contribution is 2.40. The largest absolute Gasteiger partial charge is 0.0563 e. The Morgan fingerprint density at radius 1 is 0.289 bits per heavy atom. The van der Waals surface area contributed by atoms with Crippen LogP contribution in [0.1, 0.15) is 33.4 Å². The normalized spacial score (nSPS) is 11.4. The molecule has 0 unspecified atom stereocenters. The second kappa shape index (κ2) is 9.30. The maximum atomic E-state index is 2.38. The van der Waals surface area contributed by atoms with Crippen molar-refractivity contribution in [1.29, 1.82) is 0 Å². The summed E-state index contributed by atoms with van der Waals surface area (Å²) in [5.74, 6) is 0. The first-order valence-corrected chi connectivity index (χ1v) is 13.5. The quantitative estimate of drug-likeness (QED) is 0.216. The van der Waals surface area contributed by atoms with Crippen LogP contribution in [0.15, 0.2) is 97.1 Å². The molecule has 38 heavy (non-hydrogen) atoms. The van der Waals surface area contributed by atoms with Gasteiger partial charge in [0.05, 0.1) is 0 Å². The van der Waals surface area contributed by atoms with Gasteiger partial charge < -0.3 is 0 Å². The van der Waals surface area contributed by atoms with Crippen LogP contribution in [0.4, 0.5) is 0 Å². The minimum absolute atomic E-state index is 1.26. The molecule has 0 atom stereocenters. The number of rotatable bonds is 3. The molecule has 0 saturated carbocycles. The first-order valence-electron chi connectivity index (χ1n) is 13.5. The van der Waals surface area contributed by atoms with Crippen molar-refractivity contribution in [3.05, 3.63) is 130 Å². The monoisotopic (exact) mass is 490 g/mol. The predicted octanol–water partition coefficient (Wildman–Crippen LogP) is 10.8. The van der Waals surface area contributed by atoms with Crippen molar-refractivity contribution in [3.63, 3.8) is 0 Å². The minimum atomic E-state index is 1.26. The first-order chi connectivity index (χ1) is 18.2.